The van der Waals surface area contributed by atoms with Crippen LogP contribution in [0.2, 0.25) is 0 Å². The first kappa shape index (κ1) is 21.6. The van der Waals surface area contributed by atoms with Gasteiger partial charge in [0.25, 0.3) is 17.7 Å². The molecular weight excluding hydrogens is 378 g/mol. The van der Waals surface area contributed by atoms with E-state index in [0.29, 0.717) is 11.5 Å². The van der Waals surface area contributed by atoms with Gasteiger partial charge in [0.2, 0.25) is 0 Å². The second-order valence-electron chi connectivity index (χ2n) is 6.33. The Bertz CT molecular complexity index is 850. The number of hydrogen-bond acceptors (Lipinski definition) is 7. The minimum absolute atomic E-state index is 0.0430. The van der Waals surface area contributed by atoms with Gasteiger partial charge in [0.15, 0.2) is 0 Å². The first-order valence-electron chi connectivity index (χ1n) is 8.75. The van der Waals surface area contributed by atoms with Crippen LogP contribution in [0.4, 0.5) is 0 Å². The average Bonchev–Trinajstić information content (AvgIpc) is 2.75. The molecule has 0 spiro atoms. The van der Waals surface area contributed by atoms with Crippen LogP contribution in [0.3, 0.4) is 0 Å². The zero-order chi connectivity index (χ0) is 21.4. The van der Waals surface area contributed by atoms with E-state index in [0.717, 1.165) is 0 Å². The van der Waals surface area contributed by atoms with Gasteiger partial charge in [-0.25, -0.2) is 4.98 Å². The second-order valence-corrected chi connectivity index (χ2v) is 6.33. The molecule has 10 heteroatoms. The molecule has 3 N–H and O–H groups in total. The van der Waals surface area contributed by atoms with Crippen LogP contribution in [-0.2, 0) is 4.79 Å². The molecule has 3 amide bonds. The minimum Gasteiger partial charge on any atom is -0.497 e. The van der Waals surface area contributed by atoms with Crippen LogP contribution in [0, 0.1) is 5.92 Å². The van der Waals surface area contributed by atoms with E-state index in [4.69, 9.17) is 9.47 Å². The van der Waals surface area contributed by atoms with Gasteiger partial charge in [-0.05, 0) is 18.1 Å². The summed E-state index contributed by atoms with van der Waals surface area (Å²) in [4.78, 5) is 44.8. The molecule has 29 heavy (non-hydrogen) atoms. The van der Waals surface area contributed by atoms with E-state index in [9.17, 15) is 14.4 Å². The Kier molecular flexibility index (Phi) is 7.47. The number of hydrazine groups is 1. The molecule has 1 atom stereocenters. The van der Waals surface area contributed by atoms with Crippen molar-refractivity contribution in [2.24, 2.45) is 5.92 Å². The summed E-state index contributed by atoms with van der Waals surface area (Å²) in [5.74, 6) is -1.07. The highest BCUT2D eigenvalue weighted by atomic mass is 16.5. The highest BCUT2D eigenvalue weighted by molar-refractivity contribution is 5.99. The summed E-state index contributed by atoms with van der Waals surface area (Å²) in [5.41, 5.74) is 4.86. The first-order chi connectivity index (χ1) is 13.8. The lowest BCUT2D eigenvalue weighted by molar-refractivity contribution is -0.124. The number of carbonyl (C=O) groups is 3. The molecule has 154 valence electrons. The van der Waals surface area contributed by atoms with E-state index < -0.39 is 23.8 Å². The predicted molar refractivity (Wildman–Crippen MR) is 103 cm³/mol. The van der Waals surface area contributed by atoms with Gasteiger partial charge < -0.3 is 14.8 Å². The number of aromatic nitrogens is 2. The van der Waals surface area contributed by atoms with Crippen molar-refractivity contribution in [3.63, 3.8) is 0 Å². The lowest BCUT2D eigenvalue weighted by Gasteiger charge is -2.22. The van der Waals surface area contributed by atoms with Crippen molar-refractivity contribution in [2.75, 3.05) is 14.2 Å². The Balaban J connectivity index is 2.06. The van der Waals surface area contributed by atoms with E-state index in [-0.39, 0.29) is 17.2 Å². The molecule has 0 unspecified atom stereocenters. The quantitative estimate of drug-likeness (QED) is 0.582. The smallest absolute Gasteiger partial charge is 0.289 e. The van der Waals surface area contributed by atoms with Gasteiger partial charge in [-0.3, -0.25) is 30.2 Å². The van der Waals surface area contributed by atoms with Crippen molar-refractivity contribution in [1.82, 2.24) is 26.1 Å². The average molecular weight is 401 g/mol. The lowest BCUT2D eigenvalue weighted by atomic mass is 10.0. The monoisotopic (exact) mass is 401 g/mol. The number of nitrogens with one attached hydrogen (secondary N) is 3. The van der Waals surface area contributed by atoms with Crippen LogP contribution in [0.25, 0.3) is 0 Å². The predicted octanol–water partition coefficient (Wildman–Crippen LogP) is 0.709. The van der Waals surface area contributed by atoms with Gasteiger partial charge in [-0.15, -0.1) is 0 Å². The third-order valence-corrected chi connectivity index (χ3v) is 3.94. The molecule has 0 fully saturated rings. The van der Waals surface area contributed by atoms with Crippen LogP contribution in [0.5, 0.6) is 11.5 Å². The molecule has 0 saturated heterocycles. The summed E-state index contributed by atoms with van der Waals surface area (Å²) in [7, 11) is 2.95. The Morgan fingerprint density at radius 2 is 1.59 bits per heavy atom. The van der Waals surface area contributed by atoms with Crippen molar-refractivity contribution >= 4 is 17.7 Å². The molecular formula is C19H23N5O5. The second kappa shape index (κ2) is 10.0. The molecule has 0 aliphatic rings. The maximum absolute atomic E-state index is 12.7. The van der Waals surface area contributed by atoms with Crippen molar-refractivity contribution < 1.29 is 23.9 Å². The Labute approximate surface area is 168 Å². The topological polar surface area (TPSA) is 132 Å². The molecule has 0 aliphatic heterocycles. The number of amides is 3. The van der Waals surface area contributed by atoms with E-state index >= 15 is 0 Å². The minimum atomic E-state index is -0.901. The molecule has 2 rings (SSSR count). The molecule has 0 aliphatic carbocycles. The van der Waals surface area contributed by atoms with Crippen LogP contribution in [0.1, 0.15) is 34.7 Å². The number of carbonyl (C=O) groups excluding carboxylic acids is 3. The molecule has 1 heterocycles. The van der Waals surface area contributed by atoms with Gasteiger partial charge in [0.1, 0.15) is 23.2 Å². The van der Waals surface area contributed by atoms with Gasteiger partial charge in [0.05, 0.1) is 20.4 Å². The Hall–Kier alpha value is -3.69. The lowest BCUT2D eigenvalue weighted by Crippen LogP contribution is -2.54. The van der Waals surface area contributed by atoms with E-state index in [2.05, 4.69) is 26.1 Å². The van der Waals surface area contributed by atoms with Crippen molar-refractivity contribution in [1.29, 1.82) is 0 Å². The highest BCUT2D eigenvalue weighted by Crippen LogP contribution is 2.22. The fraction of sp³-hybridized carbons (Fsp3) is 0.316. The summed E-state index contributed by atoms with van der Waals surface area (Å²) in [6.07, 6.45) is 4.04. The number of rotatable bonds is 7. The number of nitrogens with zero attached hydrogens (tertiary/aromatic N) is 2. The van der Waals surface area contributed by atoms with Crippen LogP contribution >= 0.6 is 0 Å². The number of methoxy groups -OCH3 is 2. The summed E-state index contributed by atoms with van der Waals surface area (Å²) >= 11 is 0. The number of hydrogen-bond donors (Lipinski definition) is 3. The van der Waals surface area contributed by atoms with Gasteiger partial charge in [0, 0.05) is 24.0 Å². The summed E-state index contributed by atoms with van der Waals surface area (Å²) in [5, 5.41) is 2.66. The summed E-state index contributed by atoms with van der Waals surface area (Å²) in [6.45, 7) is 3.53. The van der Waals surface area contributed by atoms with Crippen LogP contribution in [-0.4, -0.2) is 48.0 Å². The fourth-order valence-electron chi connectivity index (χ4n) is 2.37. The van der Waals surface area contributed by atoms with Crippen molar-refractivity contribution in [3.8, 4) is 11.5 Å². The molecule has 0 radical (unpaired) electrons. The van der Waals surface area contributed by atoms with E-state index in [1.54, 1.807) is 19.9 Å². The van der Waals surface area contributed by atoms with Crippen LogP contribution < -0.4 is 25.6 Å². The summed E-state index contributed by atoms with van der Waals surface area (Å²) in [6, 6.07) is 3.79. The van der Waals surface area contributed by atoms with E-state index in [1.807, 2.05) is 0 Å². The normalized spacial score (nSPS) is 11.3. The summed E-state index contributed by atoms with van der Waals surface area (Å²) < 4.78 is 10.3. The number of ether oxygens (including phenoxy) is 2. The molecule has 1 aromatic heterocycles. The molecule has 0 saturated carbocycles. The standard InChI is InChI=1S/C19H23N5O5/c1-11(2)16(19(27)24-23-18(26)15-10-20-5-6-21-15)22-17(25)12-7-13(28-3)9-14(8-12)29-4/h5-11,16H,1-4H3,(H,22,25)(H,23,26)(H,24,27)/t16-/m0/s1. The van der Waals surface area contributed by atoms with Gasteiger partial charge in [-0.2, -0.15) is 0 Å². The number of benzene rings is 1. The third-order valence-electron chi connectivity index (χ3n) is 3.94. The maximum Gasteiger partial charge on any atom is 0.289 e. The molecule has 0 bridgehead atoms. The van der Waals surface area contributed by atoms with Gasteiger partial charge in [-0.1, -0.05) is 13.8 Å². The zero-order valence-corrected chi connectivity index (χ0v) is 16.6. The largest absolute Gasteiger partial charge is 0.497 e. The van der Waals surface area contributed by atoms with E-state index in [1.165, 1.54) is 44.9 Å². The van der Waals surface area contributed by atoms with Crippen LogP contribution in [0.15, 0.2) is 36.8 Å². The molecule has 1 aromatic carbocycles. The zero-order valence-electron chi connectivity index (χ0n) is 16.6. The van der Waals surface area contributed by atoms with Crippen molar-refractivity contribution in [3.05, 3.63) is 48.0 Å². The SMILES string of the molecule is COc1cc(OC)cc(C(=O)N[C@H](C(=O)NNC(=O)c2cnccn2)C(C)C)c1. The Morgan fingerprint density at radius 3 is 2.10 bits per heavy atom. The molecule has 10 nitrogen and oxygen atoms in total. The Morgan fingerprint density at radius 1 is 0.931 bits per heavy atom. The first-order valence-corrected chi connectivity index (χ1v) is 8.75. The van der Waals surface area contributed by atoms with Crippen molar-refractivity contribution in [2.45, 2.75) is 19.9 Å². The highest BCUT2D eigenvalue weighted by Gasteiger charge is 2.25. The van der Waals surface area contributed by atoms with Gasteiger partial charge >= 0.3 is 0 Å². The fourth-order valence-corrected chi connectivity index (χ4v) is 2.37. The third kappa shape index (κ3) is 5.89. The maximum atomic E-state index is 12.7. The molecule has 2 aromatic rings.